The zero-order chi connectivity index (χ0) is 19.2. The highest BCUT2D eigenvalue weighted by atomic mass is 35.5. The van der Waals surface area contributed by atoms with Crippen molar-refractivity contribution in [3.8, 4) is 5.75 Å². The minimum Gasteiger partial charge on any atom is -0.495 e. The molecule has 27 heavy (non-hydrogen) atoms. The summed E-state index contributed by atoms with van der Waals surface area (Å²) in [5.74, 6) is 0.457. The molecular formula is C21H20ClN3O2. The van der Waals surface area contributed by atoms with Crippen molar-refractivity contribution in [2.75, 3.05) is 12.4 Å². The van der Waals surface area contributed by atoms with Crippen molar-refractivity contribution in [2.45, 2.75) is 13.5 Å². The van der Waals surface area contributed by atoms with Crippen molar-refractivity contribution < 1.29 is 9.53 Å². The van der Waals surface area contributed by atoms with Gasteiger partial charge in [0.2, 0.25) is 0 Å². The molecule has 2 aromatic carbocycles. The number of hydrogen-bond acceptors (Lipinski definition) is 4. The standard InChI is InChI=1S/C21H20ClN3O2/c1-14-3-5-15(6-4-14)11-24-21(26)16-9-18(13-23-12-16)25-19-10-17(22)7-8-20(19)27-2/h3-10,12-13,25H,11H2,1-2H3,(H,24,26). The summed E-state index contributed by atoms with van der Waals surface area (Å²) < 4.78 is 5.33. The van der Waals surface area contributed by atoms with E-state index in [9.17, 15) is 4.79 Å². The molecule has 3 aromatic rings. The predicted molar refractivity (Wildman–Crippen MR) is 108 cm³/mol. The van der Waals surface area contributed by atoms with Crippen LogP contribution in [0.15, 0.2) is 60.9 Å². The van der Waals surface area contributed by atoms with E-state index in [-0.39, 0.29) is 5.91 Å². The fourth-order valence-electron chi connectivity index (χ4n) is 2.56. The summed E-state index contributed by atoms with van der Waals surface area (Å²) >= 11 is 6.06. The molecule has 1 aromatic heterocycles. The number of carbonyl (C=O) groups excluding carboxylic acids is 1. The predicted octanol–water partition coefficient (Wildman–Crippen LogP) is 4.73. The maximum Gasteiger partial charge on any atom is 0.253 e. The summed E-state index contributed by atoms with van der Waals surface area (Å²) in [6, 6.07) is 15.0. The van der Waals surface area contributed by atoms with Gasteiger partial charge in [0.25, 0.3) is 5.91 Å². The van der Waals surface area contributed by atoms with Crippen LogP contribution in [0.4, 0.5) is 11.4 Å². The molecule has 3 rings (SSSR count). The quantitative estimate of drug-likeness (QED) is 0.648. The number of aromatic nitrogens is 1. The molecule has 1 heterocycles. The van der Waals surface area contributed by atoms with Gasteiger partial charge in [0, 0.05) is 17.8 Å². The molecule has 0 radical (unpaired) electrons. The van der Waals surface area contributed by atoms with E-state index in [2.05, 4.69) is 15.6 Å². The van der Waals surface area contributed by atoms with Gasteiger partial charge in [-0.05, 0) is 36.8 Å². The van der Waals surface area contributed by atoms with E-state index in [4.69, 9.17) is 16.3 Å². The molecule has 6 heteroatoms. The highest BCUT2D eigenvalue weighted by Gasteiger charge is 2.09. The van der Waals surface area contributed by atoms with E-state index in [1.54, 1.807) is 37.6 Å². The van der Waals surface area contributed by atoms with Crippen molar-refractivity contribution in [2.24, 2.45) is 0 Å². The molecule has 0 saturated carbocycles. The third-order valence-corrected chi connectivity index (χ3v) is 4.25. The van der Waals surface area contributed by atoms with Crippen LogP contribution in [-0.2, 0) is 6.54 Å². The molecule has 0 fully saturated rings. The smallest absolute Gasteiger partial charge is 0.253 e. The second-order valence-corrected chi connectivity index (χ2v) is 6.54. The highest BCUT2D eigenvalue weighted by Crippen LogP contribution is 2.30. The van der Waals surface area contributed by atoms with Crippen LogP contribution < -0.4 is 15.4 Å². The lowest BCUT2D eigenvalue weighted by molar-refractivity contribution is 0.0950. The van der Waals surface area contributed by atoms with Crippen molar-refractivity contribution >= 4 is 28.9 Å². The fourth-order valence-corrected chi connectivity index (χ4v) is 2.73. The number of methoxy groups -OCH3 is 1. The van der Waals surface area contributed by atoms with Crippen molar-refractivity contribution in [1.29, 1.82) is 0 Å². The minimum atomic E-state index is -0.190. The van der Waals surface area contributed by atoms with E-state index in [0.29, 0.717) is 34.3 Å². The molecule has 0 unspecified atom stereocenters. The van der Waals surface area contributed by atoms with Gasteiger partial charge in [0.15, 0.2) is 0 Å². The number of benzene rings is 2. The van der Waals surface area contributed by atoms with E-state index in [0.717, 1.165) is 5.56 Å². The third-order valence-electron chi connectivity index (χ3n) is 4.01. The van der Waals surface area contributed by atoms with Gasteiger partial charge >= 0.3 is 0 Å². The number of hydrogen-bond donors (Lipinski definition) is 2. The molecule has 0 aliphatic carbocycles. The molecule has 0 bridgehead atoms. The van der Waals surface area contributed by atoms with Gasteiger partial charge in [-0.2, -0.15) is 0 Å². The van der Waals surface area contributed by atoms with Crippen molar-refractivity contribution in [3.05, 3.63) is 82.6 Å². The largest absolute Gasteiger partial charge is 0.495 e. The maximum atomic E-state index is 12.4. The summed E-state index contributed by atoms with van der Waals surface area (Å²) in [5.41, 5.74) is 4.06. The topological polar surface area (TPSA) is 63.2 Å². The molecule has 2 N–H and O–H groups in total. The van der Waals surface area contributed by atoms with Crippen LogP contribution in [0, 0.1) is 6.92 Å². The Labute approximate surface area is 163 Å². The summed E-state index contributed by atoms with van der Waals surface area (Å²) in [6.45, 7) is 2.49. The Morgan fingerprint density at radius 3 is 2.63 bits per heavy atom. The van der Waals surface area contributed by atoms with Gasteiger partial charge in [-0.15, -0.1) is 0 Å². The zero-order valence-corrected chi connectivity index (χ0v) is 15.9. The Hall–Kier alpha value is -3.05. The Morgan fingerprint density at radius 2 is 1.89 bits per heavy atom. The van der Waals surface area contributed by atoms with E-state index in [1.807, 2.05) is 31.2 Å². The van der Waals surface area contributed by atoms with Crippen LogP contribution >= 0.6 is 11.6 Å². The number of aryl methyl sites for hydroxylation is 1. The third kappa shape index (κ3) is 4.99. The number of pyridine rings is 1. The summed E-state index contributed by atoms with van der Waals surface area (Å²) in [4.78, 5) is 16.6. The molecule has 0 saturated heterocycles. The molecule has 5 nitrogen and oxygen atoms in total. The average Bonchev–Trinajstić information content (AvgIpc) is 2.68. The van der Waals surface area contributed by atoms with Crippen molar-refractivity contribution in [3.63, 3.8) is 0 Å². The molecule has 138 valence electrons. The molecule has 0 spiro atoms. The Morgan fingerprint density at radius 1 is 1.11 bits per heavy atom. The van der Waals surface area contributed by atoms with Crippen LogP contribution in [0.3, 0.4) is 0 Å². The second-order valence-electron chi connectivity index (χ2n) is 6.10. The molecule has 0 aliphatic heterocycles. The van der Waals surface area contributed by atoms with Gasteiger partial charge < -0.3 is 15.4 Å². The minimum absolute atomic E-state index is 0.190. The highest BCUT2D eigenvalue weighted by molar-refractivity contribution is 6.31. The lowest BCUT2D eigenvalue weighted by Crippen LogP contribution is -2.23. The van der Waals surface area contributed by atoms with Crippen molar-refractivity contribution in [1.82, 2.24) is 10.3 Å². The first-order chi connectivity index (χ1) is 13.0. The fraction of sp³-hybridized carbons (Fsp3) is 0.143. The lowest BCUT2D eigenvalue weighted by Gasteiger charge is -2.12. The summed E-state index contributed by atoms with van der Waals surface area (Å²) in [5, 5.41) is 6.67. The van der Waals surface area contributed by atoms with Gasteiger partial charge in [0.05, 0.1) is 30.2 Å². The zero-order valence-electron chi connectivity index (χ0n) is 15.1. The first kappa shape index (κ1) is 18.7. The first-order valence-corrected chi connectivity index (χ1v) is 8.82. The maximum absolute atomic E-state index is 12.4. The van der Waals surface area contributed by atoms with E-state index >= 15 is 0 Å². The van der Waals surface area contributed by atoms with Crippen LogP contribution in [-0.4, -0.2) is 18.0 Å². The number of ether oxygens (including phenoxy) is 1. The number of carbonyl (C=O) groups is 1. The van der Waals surface area contributed by atoms with Crippen LogP contribution in [0.1, 0.15) is 21.5 Å². The monoisotopic (exact) mass is 381 g/mol. The number of nitrogens with one attached hydrogen (secondary N) is 2. The molecular weight excluding hydrogens is 362 g/mol. The number of halogens is 1. The van der Waals surface area contributed by atoms with Crippen LogP contribution in [0.2, 0.25) is 5.02 Å². The number of amides is 1. The molecule has 0 aliphatic rings. The Kier molecular flexibility index (Phi) is 5.94. The lowest BCUT2D eigenvalue weighted by atomic mass is 10.1. The van der Waals surface area contributed by atoms with Gasteiger partial charge in [-0.1, -0.05) is 41.4 Å². The number of anilines is 2. The molecule has 1 amide bonds. The van der Waals surface area contributed by atoms with E-state index in [1.165, 1.54) is 11.8 Å². The Bertz CT molecular complexity index is 942. The van der Waals surface area contributed by atoms with Crippen LogP contribution in [0.5, 0.6) is 5.75 Å². The summed E-state index contributed by atoms with van der Waals surface area (Å²) in [7, 11) is 1.58. The number of rotatable bonds is 6. The van der Waals surface area contributed by atoms with Gasteiger partial charge in [-0.25, -0.2) is 0 Å². The van der Waals surface area contributed by atoms with E-state index < -0.39 is 0 Å². The normalized spacial score (nSPS) is 10.3. The SMILES string of the molecule is COc1ccc(Cl)cc1Nc1cncc(C(=O)NCc2ccc(C)cc2)c1. The molecule has 0 atom stereocenters. The first-order valence-electron chi connectivity index (χ1n) is 8.44. The average molecular weight is 382 g/mol. The second kappa shape index (κ2) is 8.56. The Balaban J connectivity index is 1.70. The van der Waals surface area contributed by atoms with Crippen LogP contribution in [0.25, 0.3) is 0 Å². The van der Waals surface area contributed by atoms with Gasteiger partial charge in [0.1, 0.15) is 5.75 Å². The number of nitrogens with zero attached hydrogens (tertiary/aromatic N) is 1. The van der Waals surface area contributed by atoms with Gasteiger partial charge in [-0.3, -0.25) is 9.78 Å². The summed E-state index contributed by atoms with van der Waals surface area (Å²) in [6.07, 6.45) is 3.17.